The van der Waals surface area contributed by atoms with Crippen molar-refractivity contribution in [3.05, 3.63) is 61.2 Å². The zero-order valence-electron chi connectivity index (χ0n) is 31.4. The van der Waals surface area contributed by atoms with E-state index in [0.29, 0.717) is 32.1 Å². The summed E-state index contributed by atoms with van der Waals surface area (Å²) in [6.07, 6.45) is 4.78. The summed E-state index contributed by atoms with van der Waals surface area (Å²) >= 11 is 0. The van der Waals surface area contributed by atoms with Crippen LogP contribution in [0.4, 0.5) is 0 Å². The van der Waals surface area contributed by atoms with Crippen molar-refractivity contribution in [1.82, 2.24) is 14.7 Å². The van der Waals surface area contributed by atoms with Crippen molar-refractivity contribution in [3.8, 4) is 0 Å². The van der Waals surface area contributed by atoms with Crippen LogP contribution in [0.2, 0.25) is 0 Å². The molecule has 0 aromatic heterocycles. The van der Waals surface area contributed by atoms with Crippen molar-refractivity contribution in [2.75, 3.05) is 20.2 Å². The molecule has 50 heavy (non-hydrogen) atoms. The molecule has 0 unspecified atom stereocenters. The van der Waals surface area contributed by atoms with Crippen LogP contribution in [0.3, 0.4) is 0 Å². The highest BCUT2D eigenvalue weighted by Crippen LogP contribution is 2.59. The van der Waals surface area contributed by atoms with Crippen LogP contribution in [-0.4, -0.2) is 99.1 Å². The van der Waals surface area contributed by atoms with Gasteiger partial charge in [0.2, 0.25) is 17.7 Å². The maximum absolute atomic E-state index is 15.0. The van der Waals surface area contributed by atoms with Crippen molar-refractivity contribution in [2.45, 2.75) is 128 Å². The highest BCUT2D eigenvalue weighted by Gasteiger charge is 2.76. The second kappa shape index (κ2) is 15.4. The van der Waals surface area contributed by atoms with Gasteiger partial charge < -0.3 is 29.3 Å². The predicted octanol–water partition coefficient (Wildman–Crippen LogP) is 5.46. The van der Waals surface area contributed by atoms with Gasteiger partial charge >= 0.3 is 5.97 Å². The average molecular weight is 694 g/mol. The number of aliphatic hydroxyl groups is 1. The second-order valence-electron chi connectivity index (χ2n) is 16.2. The Hall–Kier alpha value is -3.50. The third-order valence-corrected chi connectivity index (χ3v) is 11.0. The highest BCUT2D eigenvalue weighted by atomic mass is 16.6. The minimum atomic E-state index is -1.26. The van der Waals surface area contributed by atoms with E-state index in [9.17, 15) is 24.3 Å². The Morgan fingerprint density at radius 1 is 1.14 bits per heavy atom. The Balaban J connectivity index is 1.74. The maximum atomic E-state index is 15.0. The van der Waals surface area contributed by atoms with Gasteiger partial charge in [0.25, 0.3) is 0 Å². The smallest absolute Gasteiger partial charge is 0.313 e. The fourth-order valence-corrected chi connectivity index (χ4v) is 8.87. The van der Waals surface area contributed by atoms with Gasteiger partial charge in [-0.2, -0.15) is 0 Å². The number of amides is 3. The Kier molecular flexibility index (Phi) is 12.1. The molecule has 1 aromatic rings. The number of likely N-dealkylation sites (N-methyl/N-ethyl adjacent to an activating group) is 1. The van der Waals surface area contributed by atoms with Crippen LogP contribution in [-0.2, 0) is 28.7 Å². The minimum absolute atomic E-state index is 0.0970. The lowest BCUT2D eigenvalue weighted by molar-refractivity contribution is -0.165. The monoisotopic (exact) mass is 693 g/mol. The van der Waals surface area contributed by atoms with Crippen molar-refractivity contribution in [2.24, 2.45) is 17.3 Å². The lowest BCUT2D eigenvalue weighted by Crippen LogP contribution is -2.62. The van der Waals surface area contributed by atoms with Gasteiger partial charge in [-0.3, -0.25) is 19.2 Å². The molecule has 3 aliphatic heterocycles. The van der Waals surface area contributed by atoms with Crippen LogP contribution in [0.1, 0.15) is 98.7 Å². The molecule has 8 atom stereocenters. The summed E-state index contributed by atoms with van der Waals surface area (Å²) in [7, 11) is 1.69. The van der Waals surface area contributed by atoms with E-state index in [0.717, 1.165) is 5.56 Å². The lowest BCUT2D eigenvalue weighted by atomic mass is 9.70. The molecule has 0 aliphatic carbocycles. The van der Waals surface area contributed by atoms with E-state index in [1.165, 1.54) is 4.90 Å². The standard InChI is InChI=1S/C40H59N3O7/c1-11-14-20-30(45)41(10)26(4)33(27-18-16-15-17-19-27)49-37(48)31-29-21-22-40(50-29)32(31)35(46)43(28(13-3)24-44)34(40)36(47)42(23-12-2)39(8,9)25-38(5,6)7/h11-12,15-19,26,28-29,31-34,44H,1-2,13-14,20-25H2,3-10H3/t26-,28-,29-,31+,32+,33+,34-,40+/m0/s1. The summed E-state index contributed by atoms with van der Waals surface area (Å²) in [6.45, 7) is 21.7. The molecule has 3 heterocycles. The zero-order valence-corrected chi connectivity index (χ0v) is 31.4. The number of aliphatic hydroxyl groups excluding tert-OH is 1. The number of fused-ring (bicyclic) bond motifs is 1. The molecule has 1 N–H and O–H groups in total. The molecular formula is C40H59N3O7. The average Bonchev–Trinajstić information content (AvgIpc) is 3.71. The van der Waals surface area contributed by atoms with Crippen LogP contribution in [0.5, 0.6) is 0 Å². The summed E-state index contributed by atoms with van der Waals surface area (Å²) in [5.74, 6) is -3.26. The summed E-state index contributed by atoms with van der Waals surface area (Å²) in [5, 5.41) is 10.5. The van der Waals surface area contributed by atoms with Gasteiger partial charge in [-0.1, -0.05) is 70.2 Å². The summed E-state index contributed by atoms with van der Waals surface area (Å²) in [5.41, 5.74) is -1.24. The molecule has 10 heteroatoms. The first-order chi connectivity index (χ1) is 23.5. The number of esters is 1. The number of carbonyl (C=O) groups is 4. The fraction of sp³-hybridized carbons (Fsp3) is 0.650. The quantitative estimate of drug-likeness (QED) is 0.181. The highest BCUT2D eigenvalue weighted by molar-refractivity contribution is 5.98. The Morgan fingerprint density at radius 2 is 1.80 bits per heavy atom. The molecule has 3 amide bonds. The molecule has 2 bridgehead atoms. The number of ether oxygens (including phenoxy) is 2. The Morgan fingerprint density at radius 3 is 2.36 bits per heavy atom. The van der Waals surface area contributed by atoms with Gasteiger partial charge in [0.05, 0.1) is 36.6 Å². The van der Waals surface area contributed by atoms with Gasteiger partial charge in [0, 0.05) is 25.6 Å². The largest absolute Gasteiger partial charge is 0.455 e. The molecule has 4 rings (SSSR count). The molecule has 0 radical (unpaired) electrons. The molecular weight excluding hydrogens is 634 g/mol. The Bertz CT molecular complexity index is 1420. The van der Waals surface area contributed by atoms with Crippen LogP contribution in [0.15, 0.2) is 55.6 Å². The van der Waals surface area contributed by atoms with Crippen LogP contribution in [0, 0.1) is 17.3 Å². The van der Waals surface area contributed by atoms with Crippen molar-refractivity contribution >= 4 is 23.7 Å². The van der Waals surface area contributed by atoms with E-state index >= 15 is 0 Å². The van der Waals surface area contributed by atoms with E-state index in [1.54, 1.807) is 29.0 Å². The molecule has 3 fully saturated rings. The maximum Gasteiger partial charge on any atom is 0.313 e. The van der Waals surface area contributed by atoms with Gasteiger partial charge in [-0.25, -0.2) is 0 Å². The van der Waals surface area contributed by atoms with Gasteiger partial charge in [0.15, 0.2) is 0 Å². The normalized spacial score (nSPS) is 26.2. The summed E-state index contributed by atoms with van der Waals surface area (Å²) < 4.78 is 13.1. The number of allylic oxidation sites excluding steroid dienone is 1. The van der Waals surface area contributed by atoms with Gasteiger partial charge in [0.1, 0.15) is 17.7 Å². The summed E-state index contributed by atoms with van der Waals surface area (Å²) in [4.78, 5) is 62.1. The predicted molar refractivity (Wildman–Crippen MR) is 193 cm³/mol. The number of likely N-dealkylation sites (tertiary alicyclic amines) is 1. The molecule has 3 saturated heterocycles. The molecule has 10 nitrogen and oxygen atoms in total. The van der Waals surface area contributed by atoms with E-state index in [4.69, 9.17) is 9.47 Å². The van der Waals surface area contributed by atoms with E-state index in [2.05, 4.69) is 33.9 Å². The number of hydrogen-bond acceptors (Lipinski definition) is 7. The van der Waals surface area contributed by atoms with Crippen molar-refractivity contribution in [3.63, 3.8) is 0 Å². The zero-order chi connectivity index (χ0) is 37.2. The third-order valence-electron chi connectivity index (χ3n) is 11.0. The topological polar surface area (TPSA) is 117 Å². The molecule has 3 aliphatic rings. The molecule has 1 aromatic carbocycles. The van der Waals surface area contributed by atoms with Crippen molar-refractivity contribution < 1.29 is 33.8 Å². The van der Waals surface area contributed by atoms with Gasteiger partial charge in [-0.15, -0.1) is 13.2 Å². The lowest BCUT2D eigenvalue weighted by Gasteiger charge is -2.46. The number of hydrogen-bond donors (Lipinski definition) is 1. The molecule has 276 valence electrons. The third kappa shape index (κ3) is 7.42. The van der Waals surface area contributed by atoms with E-state index in [-0.39, 0.29) is 42.7 Å². The number of benzene rings is 1. The van der Waals surface area contributed by atoms with Crippen LogP contribution in [0.25, 0.3) is 0 Å². The van der Waals surface area contributed by atoms with E-state index < -0.39 is 59.3 Å². The molecule has 1 spiro atoms. The summed E-state index contributed by atoms with van der Waals surface area (Å²) in [6, 6.07) is 7.09. The van der Waals surface area contributed by atoms with Gasteiger partial charge in [-0.05, 0) is 63.9 Å². The number of carbonyl (C=O) groups excluding carboxylic acids is 4. The van der Waals surface area contributed by atoms with Crippen LogP contribution >= 0.6 is 0 Å². The van der Waals surface area contributed by atoms with E-state index in [1.807, 2.05) is 58.0 Å². The van der Waals surface area contributed by atoms with Crippen LogP contribution < -0.4 is 0 Å². The first-order valence-corrected chi connectivity index (χ1v) is 18.1. The van der Waals surface area contributed by atoms with Crippen molar-refractivity contribution in [1.29, 1.82) is 0 Å². The number of rotatable bonds is 16. The Labute approximate surface area is 298 Å². The minimum Gasteiger partial charge on any atom is -0.455 e. The first-order valence-electron chi connectivity index (χ1n) is 18.1. The molecule has 0 saturated carbocycles. The SMILES string of the molecule is C=CCCC(=O)N(C)[C@@H](C)[C@@H](OC(=O)[C@@H]1[C@@H]2CC[C@]3(O2)[C@H](C(=O)N(CC=C)C(C)(C)CC(C)(C)C)N([C@@H](CC)CO)C(=O)[C@@H]13)c1ccccc1. The second-order valence-corrected chi connectivity index (χ2v) is 16.2. The first kappa shape index (κ1) is 39.3. The number of nitrogens with zero attached hydrogens (tertiary/aromatic N) is 3. The fourth-order valence-electron chi connectivity index (χ4n) is 8.87.